The van der Waals surface area contributed by atoms with Gasteiger partial charge in [-0.05, 0) is 42.8 Å². The number of aromatic nitrogens is 1. The Hall–Kier alpha value is -3.92. The fourth-order valence-electron chi connectivity index (χ4n) is 5.10. The first-order chi connectivity index (χ1) is 20.5. The molecular formula is C28H32N6O7S2. The summed E-state index contributed by atoms with van der Waals surface area (Å²) in [6.45, 7) is 4.12. The zero-order valence-electron chi connectivity index (χ0n) is 23.9. The Morgan fingerprint density at radius 1 is 1.16 bits per heavy atom. The molecule has 2 aliphatic heterocycles. The smallest absolute Gasteiger partial charge is 0.412 e. The minimum absolute atomic E-state index is 0.00725. The highest BCUT2D eigenvalue weighted by atomic mass is 32.2. The molecule has 0 spiro atoms. The predicted octanol–water partition coefficient (Wildman–Crippen LogP) is 2.09. The van der Waals surface area contributed by atoms with E-state index in [1.807, 2.05) is 6.92 Å². The SMILES string of the molecule is CCOC(=O)C1CN(S(=O)(=O)c2ccc3cc(C(=N)NC(=O)OC)ccc3c2)CCN1C(=O)c1nc2c(s1)CNC(C)C2. The second-order valence-electron chi connectivity index (χ2n) is 10.2. The molecule has 0 radical (unpaired) electrons. The Balaban J connectivity index is 1.37. The van der Waals surface area contributed by atoms with E-state index in [1.54, 1.807) is 31.2 Å². The number of rotatable bonds is 6. The minimum Gasteiger partial charge on any atom is -0.464 e. The Morgan fingerprint density at radius 2 is 1.91 bits per heavy atom. The first kappa shape index (κ1) is 30.5. The molecule has 2 aliphatic rings. The molecule has 2 atom stereocenters. The third-order valence-electron chi connectivity index (χ3n) is 7.39. The van der Waals surface area contributed by atoms with E-state index < -0.39 is 34.0 Å². The number of amides is 2. The number of alkyl carbamates (subject to hydrolysis) is 1. The normalized spacial score (nSPS) is 19.0. The molecule has 2 aromatic carbocycles. The molecule has 1 saturated heterocycles. The van der Waals surface area contributed by atoms with E-state index in [0.717, 1.165) is 10.6 Å². The number of benzene rings is 2. The maximum absolute atomic E-state index is 13.8. The number of hydrogen-bond donors (Lipinski definition) is 3. The van der Waals surface area contributed by atoms with Crippen LogP contribution in [0.2, 0.25) is 0 Å². The van der Waals surface area contributed by atoms with Gasteiger partial charge in [-0.3, -0.25) is 15.5 Å². The Morgan fingerprint density at radius 3 is 2.65 bits per heavy atom. The van der Waals surface area contributed by atoms with Gasteiger partial charge in [0, 0.05) is 49.1 Å². The summed E-state index contributed by atoms with van der Waals surface area (Å²) in [5.74, 6) is -1.26. The van der Waals surface area contributed by atoms with Gasteiger partial charge in [-0.1, -0.05) is 18.2 Å². The summed E-state index contributed by atoms with van der Waals surface area (Å²) in [5, 5.41) is 15.2. The number of carbonyl (C=O) groups is 3. The van der Waals surface area contributed by atoms with Crippen molar-refractivity contribution < 1.29 is 32.3 Å². The van der Waals surface area contributed by atoms with E-state index in [2.05, 4.69) is 20.4 Å². The van der Waals surface area contributed by atoms with Crippen LogP contribution in [-0.2, 0) is 37.3 Å². The van der Waals surface area contributed by atoms with Gasteiger partial charge in [-0.15, -0.1) is 11.3 Å². The number of methoxy groups -OCH3 is 1. The van der Waals surface area contributed by atoms with Crippen LogP contribution in [0.25, 0.3) is 10.8 Å². The highest BCUT2D eigenvalue weighted by Crippen LogP contribution is 2.28. The third-order valence-corrected chi connectivity index (χ3v) is 10.3. The zero-order chi connectivity index (χ0) is 30.9. The molecule has 0 aliphatic carbocycles. The lowest BCUT2D eigenvalue weighted by Gasteiger charge is -2.38. The second kappa shape index (κ2) is 12.4. The van der Waals surface area contributed by atoms with Gasteiger partial charge in [-0.25, -0.2) is 23.0 Å². The number of esters is 1. The number of fused-ring (bicyclic) bond motifs is 2. The summed E-state index contributed by atoms with van der Waals surface area (Å²) in [5.41, 5.74) is 1.28. The lowest BCUT2D eigenvalue weighted by Crippen LogP contribution is -2.59. The van der Waals surface area contributed by atoms with Crippen molar-refractivity contribution in [2.24, 2.45) is 0 Å². The van der Waals surface area contributed by atoms with Gasteiger partial charge < -0.3 is 19.7 Å². The summed E-state index contributed by atoms with van der Waals surface area (Å²) in [6.07, 6.45) is -0.0703. The van der Waals surface area contributed by atoms with E-state index >= 15 is 0 Å². The van der Waals surface area contributed by atoms with E-state index in [9.17, 15) is 22.8 Å². The van der Waals surface area contributed by atoms with E-state index in [1.165, 1.54) is 39.8 Å². The molecule has 0 saturated carbocycles. The van der Waals surface area contributed by atoms with Crippen LogP contribution in [0.1, 0.15) is 39.8 Å². The average molecular weight is 629 g/mol. The molecular weight excluding hydrogens is 596 g/mol. The molecule has 15 heteroatoms. The second-order valence-corrected chi connectivity index (χ2v) is 13.2. The van der Waals surface area contributed by atoms with Crippen LogP contribution in [0.5, 0.6) is 0 Å². The number of sulfonamides is 1. The third kappa shape index (κ3) is 6.25. The topological polar surface area (TPSA) is 171 Å². The van der Waals surface area contributed by atoms with Crippen molar-refractivity contribution in [1.82, 2.24) is 24.8 Å². The monoisotopic (exact) mass is 628 g/mol. The number of amidine groups is 1. The van der Waals surface area contributed by atoms with Crippen LogP contribution in [0, 0.1) is 5.41 Å². The lowest BCUT2D eigenvalue weighted by atomic mass is 10.1. The van der Waals surface area contributed by atoms with Gasteiger partial charge in [0.2, 0.25) is 10.0 Å². The van der Waals surface area contributed by atoms with Crippen LogP contribution in [0.3, 0.4) is 0 Å². The molecule has 3 N–H and O–H groups in total. The van der Waals surface area contributed by atoms with Gasteiger partial charge in [0.05, 0.1) is 24.3 Å². The summed E-state index contributed by atoms with van der Waals surface area (Å²) in [7, 11) is -2.85. The van der Waals surface area contributed by atoms with Crippen molar-refractivity contribution in [3.05, 3.63) is 57.5 Å². The van der Waals surface area contributed by atoms with Gasteiger partial charge in [-0.2, -0.15) is 4.31 Å². The maximum Gasteiger partial charge on any atom is 0.412 e. The van der Waals surface area contributed by atoms with Crippen LogP contribution in [0.4, 0.5) is 4.79 Å². The number of hydrogen-bond acceptors (Lipinski definition) is 11. The van der Waals surface area contributed by atoms with Gasteiger partial charge >= 0.3 is 12.1 Å². The van der Waals surface area contributed by atoms with Crippen LogP contribution in [0.15, 0.2) is 41.3 Å². The fraction of sp³-hybridized carbons (Fsp3) is 0.393. The molecule has 0 bridgehead atoms. The Kier molecular flexibility index (Phi) is 8.78. The highest BCUT2D eigenvalue weighted by Gasteiger charge is 2.42. The molecule has 2 amide bonds. The minimum atomic E-state index is -4.05. The van der Waals surface area contributed by atoms with E-state index in [-0.39, 0.29) is 48.0 Å². The molecule has 3 heterocycles. The molecule has 13 nitrogen and oxygen atoms in total. The standard InChI is InChI=1S/C28H32N6O7S2/c1-4-41-27(36)22-15-33(9-10-34(22)26(35)25-31-21-11-16(2)30-14-23(21)42-25)43(38,39)20-8-7-17-12-19(6-5-18(17)13-20)24(29)32-28(37)40-3/h5-8,12-13,16,22,30H,4,9-11,14-15H2,1-3H3,(H2,29,32,37). The Labute approximate surface area is 252 Å². The van der Waals surface area contributed by atoms with Crippen LogP contribution < -0.4 is 10.6 Å². The first-order valence-electron chi connectivity index (χ1n) is 13.7. The van der Waals surface area contributed by atoms with E-state index in [4.69, 9.17) is 10.1 Å². The maximum atomic E-state index is 13.8. The number of thiazole rings is 1. The molecule has 43 heavy (non-hydrogen) atoms. The summed E-state index contributed by atoms with van der Waals surface area (Å²) < 4.78 is 38.5. The van der Waals surface area contributed by atoms with Crippen molar-refractivity contribution in [2.75, 3.05) is 33.4 Å². The number of nitrogens with one attached hydrogen (secondary N) is 3. The highest BCUT2D eigenvalue weighted by molar-refractivity contribution is 7.89. The van der Waals surface area contributed by atoms with Gasteiger partial charge in [0.25, 0.3) is 5.91 Å². The van der Waals surface area contributed by atoms with Crippen LogP contribution >= 0.6 is 11.3 Å². The molecule has 5 rings (SSSR count). The lowest BCUT2D eigenvalue weighted by molar-refractivity contribution is -0.149. The fourth-order valence-corrected chi connectivity index (χ4v) is 7.57. The molecule has 1 fully saturated rings. The van der Waals surface area contributed by atoms with Crippen LogP contribution in [-0.4, -0.2) is 91.8 Å². The van der Waals surface area contributed by atoms with Crippen molar-refractivity contribution in [3.63, 3.8) is 0 Å². The number of piperazine rings is 1. The van der Waals surface area contributed by atoms with Crippen molar-refractivity contribution >= 4 is 55.9 Å². The Bertz CT molecular complexity index is 1710. The molecule has 228 valence electrons. The number of nitrogens with zero attached hydrogens (tertiary/aromatic N) is 3. The van der Waals surface area contributed by atoms with E-state index in [0.29, 0.717) is 29.3 Å². The molecule has 3 aromatic rings. The first-order valence-corrected chi connectivity index (χ1v) is 15.9. The molecule has 1 aromatic heterocycles. The van der Waals surface area contributed by atoms with Crippen molar-refractivity contribution in [2.45, 2.75) is 43.8 Å². The average Bonchev–Trinajstić information content (AvgIpc) is 3.43. The predicted molar refractivity (Wildman–Crippen MR) is 159 cm³/mol. The number of carbonyl (C=O) groups excluding carboxylic acids is 3. The number of ether oxygens (including phenoxy) is 2. The summed E-state index contributed by atoms with van der Waals surface area (Å²) in [6, 6.07) is 8.57. The van der Waals surface area contributed by atoms with Gasteiger partial charge in [0.1, 0.15) is 11.9 Å². The van der Waals surface area contributed by atoms with Crippen molar-refractivity contribution in [3.8, 4) is 0 Å². The largest absolute Gasteiger partial charge is 0.464 e. The summed E-state index contributed by atoms with van der Waals surface area (Å²) in [4.78, 5) is 45.0. The molecule has 2 unspecified atom stereocenters. The van der Waals surface area contributed by atoms with Crippen molar-refractivity contribution in [1.29, 1.82) is 5.41 Å². The quantitative estimate of drug-likeness (QED) is 0.210. The van der Waals surface area contributed by atoms with Gasteiger partial charge in [0.15, 0.2) is 5.01 Å². The zero-order valence-corrected chi connectivity index (χ0v) is 25.5. The summed E-state index contributed by atoms with van der Waals surface area (Å²) >= 11 is 1.29.